The van der Waals surface area contributed by atoms with Crippen LogP contribution in [0.2, 0.25) is 0 Å². The third kappa shape index (κ3) is 4.73. The summed E-state index contributed by atoms with van der Waals surface area (Å²) in [6.45, 7) is 5.60. The van der Waals surface area contributed by atoms with E-state index in [-0.39, 0.29) is 31.3 Å². The number of ether oxygens (including phenoxy) is 2. The van der Waals surface area contributed by atoms with E-state index in [1.54, 1.807) is 37.3 Å². The molecule has 3 aliphatic heterocycles. The maximum atomic E-state index is 13.5. The van der Waals surface area contributed by atoms with Gasteiger partial charge in [-0.25, -0.2) is 4.99 Å². The van der Waals surface area contributed by atoms with E-state index in [1.807, 2.05) is 26.0 Å². The summed E-state index contributed by atoms with van der Waals surface area (Å²) in [6.07, 6.45) is 1.66. The maximum Gasteiger partial charge on any atom is 0.251 e. The Labute approximate surface area is 227 Å². The van der Waals surface area contributed by atoms with Crippen LogP contribution in [0, 0.1) is 0 Å². The first kappa shape index (κ1) is 26.7. The predicted octanol–water partition coefficient (Wildman–Crippen LogP) is 2.80. The Morgan fingerprint density at radius 1 is 1.21 bits per heavy atom. The lowest BCUT2D eigenvalue weighted by Gasteiger charge is -2.42. The van der Waals surface area contributed by atoms with Gasteiger partial charge in [-0.3, -0.25) is 19.3 Å². The van der Waals surface area contributed by atoms with E-state index in [0.29, 0.717) is 47.3 Å². The third-order valence-electron chi connectivity index (χ3n) is 8.14. The number of amides is 2. The molecule has 0 saturated carbocycles. The Hall–Kier alpha value is -3.92. The van der Waals surface area contributed by atoms with Gasteiger partial charge in [-0.2, -0.15) is 0 Å². The van der Waals surface area contributed by atoms with E-state index in [4.69, 9.17) is 20.2 Å². The Kier molecular flexibility index (Phi) is 6.84. The first-order chi connectivity index (χ1) is 18.6. The van der Waals surface area contributed by atoms with Gasteiger partial charge < -0.3 is 25.6 Å². The number of hydrogen-bond acceptors (Lipinski definition) is 8. The molecular weight excluding hydrogens is 500 g/mol. The second-order valence-corrected chi connectivity index (χ2v) is 10.7. The van der Waals surface area contributed by atoms with Crippen LogP contribution < -0.4 is 20.5 Å². The van der Waals surface area contributed by atoms with Gasteiger partial charge in [0.15, 0.2) is 18.3 Å². The number of nitrogens with one attached hydrogen (secondary N) is 1. The van der Waals surface area contributed by atoms with Crippen LogP contribution in [0.25, 0.3) is 0 Å². The maximum absolute atomic E-state index is 13.5. The number of hydrogen-bond donors (Lipinski definition) is 3. The smallest absolute Gasteiger partial charge is 0.251 e. The van der Waals surface area contributed by atoms with Crippen LogP contribution in [-0.2, 0) is 9.59 Å². The number of nitrogens with zero attached hydrogens (tertiary/aromatic N) is 2. The molecular formula is C29H34N4O6. The van der Waals surface area contributed by atoms with Gasteiger partial charge in [0, 0.05) is 23.1 Å². The van der Waals surface area contributed by atoms with Gasteiger partial charge in [-0.15, -0.1) is 0 Å². The Bertz CT molecular complexity index is 1330. The summed E-state index contributed by atoms with van der Waals surface area (Å²) in [5.41, 5.74) is 6.04. The molecule has 2 unspecified atom stereocenters. The summed E-state index contributed by atoms with van der Waals surface area (Å²) in [7, 11) is 0. The van der Waals surface area contributed by atoms with Crippen LogP contribution in [0.4, 0.5) is 0 Å². The van der Waals surface area contributed by atoms with Crippen molar-refractivity contribution >= 4 is 24.1 Å². The van der Waals surface area contributed by atoms with Gasteiger partial charge in [0.1, 0.15) is 23.7 Å². The zero-order valence-corrected chi connectivity index (χ0v) is 22.3. The fourth-order valence-corrected chi connectivity index (χ4v) is 5.71. The number of fused-ring (bicyclic) bond motifs is 2. The number of guanidine groups is 1. The molecule has 3 aliphatic rings. The lowest BCUT2D eigenvalue weighted by molar-refractivity contribution is -0.133. The van der Waals surface area contributed by atoms with Crippen LogP contribution in [0.15, 0.2) is 47.5 Å². The lowest BCUT2D eigenvalue weighted by atomic mass is 9.86. The fraction of sp³-hybridized carbons (Fsp3) is 0.448. The van der Waals surface area contributed by atoms with E-state index in [0.717, 1.165) is 0 Å². The zero-order valence-electron chi connectivity index (χ0n) is 22.3. The molecule has 4 atom stereocenters. The van der Waals surface area contributed by atoms with Crippen LogP contribution in [-0.4, -0.2) is 57.9 Å². The zero-order chi connectivity index (χ0) is 27.9. The molecule has 0 saturated heterocycles. The Balaban J connectivity index is 1.49. The van der Waals surface area contributed by atoms with Crippen molar-refractivity contribution in [3.8, 4) is 11.5 Å². The fourth-order valence-electron chi connectivity index (χ4n) is 5.71. The summed E-state index contributed by atoms with van der Waals surface area (Å²) in [5.74, 6) is 0.493. The minimum absolute atomic E-state index is 0.0227. The third-order valence-corrected chi connectivity index (χ3v) is 8.14. The molecule has 39 heavy (non-hydrogen) atoms. The molecule has 206 valence electrons. The Morgan fingerprint density at radius 2 is 1.95 bits per heavy atom. The molecule has 5 rings (SSSR count). The van der Waals surface area contributed by atoms with Crippen LogP contribution >= 0.6 is 0 Å². The number of para-hydroxylation sites is 1. The number of aldehydes is 1. The van der Waals surface area contributed by atoms with Crippen LogP contribution in [0.5, 0.6) is 11.5 Å². The molecule has 10 nitrogen and oxygen atoms in total. The molecule has 0 aliphatic carbocycles. The van der Waals surface area contributed by atoms with Crippen molar-refractivity contribution < 1.29 is 29.0 Å². The van der Waals surface area contributed by atoms with Gasteiger partial charge in [0.25, 0.3) is 5.91 Å². The molecule has 0 aromatic heterocycles. The normalized spacial score (nSPS) is 27.3. The minimum Gasteiger partial charge on any atom is -0.490 e. The minimum atomic E-state index is -1.34. The van der Waals surface area contributed by atoms with E-state index >= 15 is 0 Å². The molecule has 10 heteroatoms. The van der Waals surface area contributed by atoms with E-state index in [2.05, 4.69) is 5.32 Å². The highest BCUT2D eigenvalue weighted by molar-refractivity contribution is 6.00. The largest absolute Gasteiger partial charge is 0.490 e. The number of aliphatic hydroxyl groups is 1. The molecule has 0 bridgehead atoms. The standard InChI is InChI=1S/C29H34N4O6/c1-4-29(5-2)14-24(35)33(27(30)32-29)21-13-18(15-34)39-23-11-10-17(12-20(21)23)26(36)31-25-19-8-6-7-9-22(19)38-16-28(25,3)37/h6-12,15,18,21,25,37H,4-5,13-14,16H2,1-3H3,(H2,30,32)(H,31,36)/t18?,21?,25-,28-/m1/s1. The second-order valence-electron chi connectivity index (χ2n) is 10.7. The lowest BCUT2D eigenvalue weighted by Crippen LogP contribution is -2.54. The van der Waals surface area contributed by atoms with Crippen molar-refractivity contribution in [1.82, 2.24) is 10.2 Å². The summed E-state index contributed by atoms with van der Waals surface area (Å²) in [4.78, 5) is 44.8. The summed E-state index contributed by atoms with van der Waals surface area (Å²) in [6, 6.07) is 10.8. The highest BCUT2D eigenvalue weighted by atomic mass is 16.5. The van der Waals surface area contributed by atoms with E-state index in [9.17, 15) is 19.5 Å². The highest BCUT2D eigenvalue weighted by Gasteiger charge is 2.44. The average molecular weight is 535 g/mol. The number of benzene rings is 2. The molecule has 3 heterocycles. The van der Waals surface area contributed by atoms with Gasteiger partial charge >= 0.3 is 0 Å². The first-order valence-electron chi connectivity index (χ1n) is 13.3. The van der Waals surface area contributed by atoms with Crippen molar-refractivity contribution in [2.24, 2.45) is 10.7 Å². The SMILES string of the molecule is CCC1(CC)CC(=O)N(C2CC(C=O)Oc3ccc(C(=O)N[C@@H]4c5ccccc5OC[C@@]4(C)O)cc32)C(N)=N1. The van der Waals surface area contributed by atoms with Crippen LogP contribution in [0.1, 0.15) is 80.0 Å². The number of carbonyl (C=O) groups is 3. The van der Waals surface area contributed by atoms with Gasteiger partial charge in [-0.05, 0) is 44.0 Å². The summed E-state index contributed by atoms with van der Waals surface area (Å²) >= 11 is 0. The number of carbonyl (C=O) groups excluding carboxylic acids is 3. The Morgan fingerprint density at radius 3 is 2.64 bits per heavy atom. The highest BCUT2D eigenvalue weighted by Crippen LogP contribution is 2.42. The quantitative estimate of drug-likeness (QED) is 0.484. The molecule has 2 aromatic rings. The predicted molar refractivity (Wildman–Crippen MR) is 143 cm³/mol. The van der Waals surface area contributed by atoms with Crippen molar-refractivity contribution in [3.05, 3.63) is 59.2 Å². The topological polar surface area (TPSA) is 144 Å². The van der Waals surface area contributed by atoms with Crippen molar-refractivity contribution in [2.45, 2.75) is 75.8 Å². The van der Waals surface area contributed by atoms with Gasteiger partial charge in [0.05, 0.1) is 24.0 Å². The van der Waals surface area contributed by atoms with Gasteiger partial charge in [-0.1, -0.05) is 32.0 Å². The van der Waals surface area contributed by atoms with E-state index in [1.165, 1.54) is 4.90 Å². The van der Waals surface area contributed by atoms with Crippen molar-refractivity contribution in [2.75, 3.05) is 6.61 Å². The molecule has 0 fully saturated rings. The summed E-state index contributed by atoms with van der Waals surface area (Å²) in [5, 5.41) is 14.0. The molecule has 0 radical (unpaired) electrons. The number of rotatable bonds is 6. The average Bonchev–Trinajstić information content (AvgIpc) is 2.93. The monoisotopic (exact) mass is 534 g/mol. The van der Waals surface area contributed by atoms with Crippen molar-refractivity contribution in [1.29, 1.82) is 0 Å². The molecule has 0 spiro atoms. The molecule has 4 N–H and O–H groups in total. The second kappa shape index (κ2) is 10.00. The van der Waals surface area contributed by atoms with E-state index < -0.39 is 35.2 Å². The molecule has 2 amide bonds. The van der Waals surface area contributed by atoms with Crippen molar-refractivity contribution in [3.63, 3.8) is 0 Å². The number of aliphatic imine (C=N–C) groups is 1. The number of nitrogens with two attached hydrogens (primary N) is 1. The summed E-state index contributed by atoms with van der Waals surface area (Å²) < 4.78 is 11.5. The first-order valence-corrected chi connectivity index (χ1v) is 13.3. The van der Waals surface area contributed by atoms with Crippen LogP contribution in [0.3, 0.4) is 0 Å². The molecule has 2 aromatic carbocycles. The van der Waals surface area contributed by atoms with Gasteiger partial charge in [0.2, 0.25) is 5.91 Å².